The van der Waals surface area contributed by atoms with Crippen molar-refractivity contribution in [2.45, 2.75) is 283 Å². The molecule has 56 heavy (non-hydrogen) atoms. The van der Waals surface area contributed by atoms with Crippen molar-refractivity contribution >= 4 is 17.8 Å². The van der Waals surface area contributed by atoms with Crippen LogP contribution in [0.25, 0.3) is 0 Å². The van der Waals surface area contributed by atoms with Crippen LogP contribution in [0.1, 0.15) is 277 Å². The van der Waals surface area contributed by atoms with Crippen LogP contribution in [-0.2, 0) is 19.1 Å². The van der Waals surface area contributed by atoms with Crippen LogP contribution < -0.4 is 5.32 Å². The van der Waals surface area contributed by atoms with E-state index in [1.807, 2.05) is 0 Å². The summed E-state index contributed by atoms with van der Waals surface area (Å²) in [5.74, 6) is -1.23. The molecule has 0 radical (unpaired) electrons. The molecule has 1 amide bonds. The van der Waals surface area contributed by atoms with Gasteiger partial charge in [-0.15, -0.1) is 0 Å². The first kappa shape index (κ1) is 54.2. The molecule has 1 atom stereocenters. The molecule has 2 N–H and O–H groups in total. The molecule has 0 saturated carbocycles. The number of allylic oxidation sites excluding steroid dienone is 2. The van der Waals surface area contributed by atoms with Gasteiger partial charge in [0.05, 0.1) is 0 Å². The number of carbonyl (C=O) groups excluding carboxylic acids is 2. The molecule has 0 aromatic heterocycles. The summed E-state index contributed by atoms with van der Waals surface area (Å²) in [6.07, 6.45) is 55.0. The average molecular weight is 790 g/mol. The Morgan fingerprint density at radius 2 is 0.786 bits per heavy atom. The molecule has 0 aromatic carbocycles. The molecule has 0 bridgehead atoms. The number of aliphatic carboxylic acids is 1. The summed E-state index contributed by atoms with van der Waals surface area (Å²) in [4.78, 5) is 35.1. The van der Waals surface area contributed by atoms with E-state index in [1.54, 1.807) is 0 Å². The van der Waals surface area contributed by atoms with Gasteiger partial charge in [-0.1, -0.05) is 219 Å². The van der Waals surface area contributed by atoms with Gasteiger partial charge in [0.1, 0.15) is 12.6 Å². The molecule has 0 heterocycles. The Kier molecular flexibility index (Phi) is 44.3. The molecule has 0 saturated heterocycles. The van der Waals surface area contributed by atoms with Crippen LogP contribution in [0.15, 0.2) is 12.2 Å². The lowest BCUT2D eigenvalue weighted by atomic mass is 10.0. The number of rotatable bonds is 46. The van der Waals surface area contributed by atoms with Crippen LogP contribution in [0, 0.1) is 0 Å². The van der Waals surface area contributed by atoms with Gasteiger partial charge in [-0.25, -0.2) is 0 Å². The lowest BCUT2D eigenvalue weighted by Gasteiger charge is -2.18. The number of hydrogen-bond donors (Lipinski definition) is 2. The molecule has 0 aliphatic carbocycles. The summed E-state index contributed by atoms with van der Waals surface area (Å²) in [7, 11) is 0. The molecule has 0 fully saturated rings. The van der Waals surface area contributed by atoms with Crippen LogP contribution in [-0.4, -0.2) is 35.6 Å². The number of carboxylic acid groups (broad SMARTS) is 1. The molecule has 0 aliphatic heterocycles. The van der Waals surface area contributed by atoms with Crippen molar-refractivity contribution in [1.29, 1.82) is 0 Å². The fourth-order valence-corrected chi connectivity index (χ4v) is 7.75. The smallest absolute Gasteiger partial charge is 0.322 e. The van der Waals surface area contributed by atoms with E-state index in [-0.39, 0.29) is 24.5 Å². The van der Waals surface area contributed by atoms with E-state index in [2.05, 4.69) is 31.3 Å². The molecule has 0 spiro atoms. The van der Waals surface area contributed by atoms with Crippen LogP contribution in [0.5, 0.6) is 0 Å². The van der Waals surface area contributed by atoms with E-state index in [9.17, 15) is 14.4 Å². The fourth-order valence-electron chi connectivity index (χ4n) is 7.75. The van der Waals surface area contributed by atoms with Crippen molar-refractivity contribution in [3.05, 3.63) is 12.2 Å². The Hall–Kier alpha value is -1.85. The zero-order valence-corrected chi connectivity index (χ0v) is 37.5. The summed E-state index contributed by atoms with van der Waals surface area (Å²) < 4.78 is 6.04. The van der Waals surface area contributed by atoms with E-state index in [0.29, 0.717) is 12.8 Å². The highest BCUT2D eigenvalue weighted by atomic mass is 16.5. The van der Waals surface area contributed by atoms with Crippen molar-refractivity contribution in [3.63, 3.8) is 0 Å². The van der Waals surface area contributed by atoms with Crippen molar-refractivity contribution in [1.82, 2.24) is 5.32 Å². The van der Waals surface area contributed by atoms with Gasteiger partial charge in [0, 0.05) is 12.8 Å². The maximum atomic E-state index is 12.8. The first-order chi connectivity index (χ1) is 27.5. The average Bonchev–Trinajstić information content (AvgIpc) is 3.18. The minimum absolute atomic E-state index is 0.000287. The van der Waals surface area contributed by atoms with Gasteiger partial charge in [0.25, 0.3) is 0 Å². The maximum absolute atomic E-state index is 12.8. The van der Waals surface area contributed by atoms with Crippen LogP contribution in [0.2, 0.25) is 0 Å². The number of esters is 1. The molecule has 330 valence electrons. The number of nitrogens with one attached hydrogen (secondary N) is 1. The SMILES string of the molecule is CCCCCCCCCC/C=C\CCCC(CCCCCCCC(=O)NCC(=O)O)OC(=O)CCCCCCCCCCCCCCCCCCCCCCC. The maximum Gasteiger partial charge on any atom is 0.322 e. The first-order valence-corrected chi connectivity index (χ1v) is 24.8. The van der Waals surface area contributed by atoms with Gasteiger partial charge >= 0.3 is 11.9 Å². The Labute approximate surface area is 348 Å². The summed E-state index contributed by atoms with van der Waals surface area (Å²) in [5.41, 5.74) is 0. The Morgan fingerprint density at radius 1 is 0.446 bits per heavy atom. The van der Waals surface area contributed by atoms with Crippen LogP contribution >= 0.6 is 0 Å². The molecule has 0 aliphatic rings. The Morgan fingerprint density at radius 3 is 1.21 bits per heavy atom. The van der Waals surface area contributed by atoms with Gasteiger partial charge < -0.3 is 15.2 Å². The summed E-state index contributed by atoms with van der Waals surface area (Å²) >= 11 is 0. The zero-order valence-electron chi connectivity index (χ0n) is 37.5. The third-order valence-corrected chi connectivity index (χ3v) is 11.4. The minimum Gasteiger partial charge on any atom is -0.480 e. The van der Waals surface area contributed by atoms with Gasteiger partial charge in [0.15, 0.2) is 0 Å². The van der Waals surface area contributed by atoms with Crippen LogP contribution in [0.4, 0.5) is 0 Å². The highest BCUT2D eigenvalue weighted by molar-refractivity contribution is 5.80. The lowest BCUT2D eigenvalue weighted by Crippen LogP contribution is -2.28. The molecule has 0 aromatic rings. The van der Waals surface area contributed by atoms with Crippen molar-refractivity contribution in [3.8, 4) is 0 Å². The molecule has 1 unspecified atom stereocenters. The number of carbonyl (C=O) groups is 3. The van der Waals surface area contributed by atoms with E-state index < -0.39 is 5.97 Å². The first-order valence-electron chi connectivity index (χ1n) is 24.8. The summed E-state index contributed by atoms with van der Waals surface area (Å²) in [6.45, 7) is 4.25. The van der Waals surface area contributed by atoms with Crippen molar-refractivity contribution < 1.29 is 24.2 Å². The molecule has 6 heteroatoms. The van der Waals surface area contributed by atoms with Gasteiger partial charge in [-0.3, -0.25) is 14.4 Å². The van der Waals surface area contributed by atoms with E-state index in [1.165, 1.54) is 180 Å². The monoisotopic (exact) mass is 790 g/mol. The van der Waals surface area contributed by atoms with E-state index >= 15 is 0 Å². The summed E-state index contributed by atoms with van der Waals surface area (Å²) in [5, 5.41) is 11.1. The topological polar surface area (TPSA) is 92.7 Å². The quantitative estimate of drug-likeness (QED) is 0.0364. The number of ether oxygens (including phenoxy) is 1. The molecular formula is C50H95NO5. The third kappa shape index (κ3) is 44.9. The number of carboxylic acids is 1. The third-order valence-electron chi connectivity index (χ3n) is 11.4. The largest absolute Gasteiger partial charge is 0.480 e. The van der Waals surface area contributed by atoms with Gasteiger partial charge in [0.2, 0.25) is 5.91 Å². The van der Waals surface area contributed by atoms with Gasteiger partial charge in [-0.2, -0.15) is 0 Å². The zero-order chi connectivity index (χ0) is 40.8. The second-order valence-corrected chi connectivity index (χ2v) is 17.1. The summed E-state index contributed by atoms with van der Waals surface area (Å²) in [6, 6.07) is 0. The highest BCUT2D eigenvalue weighted by Crippen LogP contribution is 2.19. The van der Waals surface area contributed by atoms with Crippen LogP contribution in [0.3, 0.4) is 0 Å². The lowest BCUT2D eigenvalue weighted by molar-refractivity contribution is -0.150. The molecular weight excluding hydrogens is 695 g/mol. The predicted molar refractivity (Wildman–Crippen MR) is 240 cm³/mol. The Balaban J connectivity index is 4.05. The number of amides is 1. The highest BCUT2D eigenvalue weighted by Gasteiger charge is 2.14. The second kappa shape index (κ2) is 45.8. The number of unbranched alkanes of at least 4 members (excludes halogenated alkanes) is 33. The fraction of sp³-hybridized carbons (Fsp3) is 0.900. The van der Waals surface area contributed by atoms with E-state index in [0.717, 1.165) is 70.6 Å². The van der Waals surface area contributed by atoms with Gasteiger partial charge in [-0.05, 0) is 57.8 Å². The minimum atomic E-state index is -1.01. The van der Waals surface area contributed by atoms with Crippen molar-refractivity contribution in [2.24, 2.45) is 0 Å². The second-order valence-electron chi connectivity index (χ2n) is 17.1. The number of hydrogen-bond acceptors (Lipinski definition) is 4. The Bertz CT molecular complexity index is 874. The van der Waals surface area contributed by atoms with Crippen molar-refractivity contribution in [2.75, 3.05) is 6.54 Å². The van der Waals surface area contributed by atoms with E-state index in [4.69, 9.17) is 9.84 Å². The molecule has 6 nitrogen and oxygen atoms in total. The standard InChI is InChI=1S/C50H95NO5/c1-3-5-7-9-11-13-15-17-18-19-20-21-22-23-24-26-28-30-32-37-41-45-50(55)56-47(43-39-35-33-36-40-44-48(52)51-46-49(53)54)42-38-34-31-29-27-25-16-14-12-10-8-6-4-2/h29,31,47H,3-28,30,32-46H2,1-2H3,(H,51,52)(H,53,54)/b31-29-. The molecule has 0 rings (SSSR count). The normalized spacial score (nSPS) is 12.0. The predicted octanol–water partition coefficient (Wildman–Crippen LogP) is 15.7.